The van der Waals surface area contributed by atoms with Gasteiger partial charge in [0.05, 0.1) is 6.04 Å². The van der Waals surface area contributed by atoms with Crippen molar-refractivity contribution in [2.45, 2.75) is 51.5 Å². The summed E-state index contributed by atoms with van der Waals surface area (Å²) in [5.41, 5.74) is 1.05. The summed E-state index contributed by atoms with van der Waals surface area (Å²) < 4.78 is 0. The van der Waals surface area contributed by atoms with E-state index < -0.39 is 0 Å². The smallest absolute Gasteiger partial charge is 0.175 e. The number of hydrogen-bond acceptors (Lipinski definition) is 2. The van der Waals surface area contributed by atoms with Crippen LogP contribution in [0.2, 0.25) is 0 Å². The first-order valence-electron chi connectivity index (χ1n) is 5.66. The van der Waals surface area contributed by atoms with Crippen molar-refractivity contribution in [2.24, 2.45) is 0 Å². The van der Waals surface area contributed by atoms with Crippen LogP contribution in [0.15, 0.2) is 11.6 Å². The van der Waals surface area contributed by atoms with Crippen molar-refractivity contribution in [3.05, 3.63) is 11.6 Å². The van der Waals surface area contributed by atoms with Gasteiger partial charge in [-0.2, -0.15) is 0 Å². The molecule has 80 valence electrons. The molecule has 1 unspecified atom stereocenters. The molecule has 0 aromatic carbocycles. The highest BCUT2D eigenvalue weighted by Crippen LogP contribution is 2.18. The van der Waals surface area contributed by atoms with Crippen LogP contribution >= 0.6 is 0 Å². The van der Waals surface area contributed by atoms with Crippen LogP contribution in [0.3, 0.4) is 0 Å². The van der Waals surface area contributed by atoms with Crippen LogP contribution in [0.5, 0.6) is 0 Å². The molecule has 0 radical (unpaired) electrons. The lowest BCUT2D eigenvalue weighted by Gasteiger charge is -2.14. The molecule has 0 amide bonds. The number of ketones is 1. The van der Waals surface area contributed by atoms with Gasteiger partial charge in [-0.05, 0) is 45.2 Å². The Bertz CT molecular complexity index is 220. The minimum Gasteiger partial charge on any atom is -0.310 e. The van der Waals surface area contributed by atoms with Crippen LogP contribution in [0.25, 0.3) is 0 Å². The lowest BCUT2D eigenvalue weighted by atomic mass is 9.95. The van der Waals surface area contributed by atoms with E-state index in [-0.39, 0.29) is 11.8 Å². The van der Waals surface area contributed by atoms with Gasteiger partial charge in [0.25, 0.3) is 0 Å². The first-order chi connectivity index (χ1) is 6.75. The molecule has 0 spiro atoms. The zero-order valence-electron chi connectivity index (χ0n) is 9.31. The fourth-order valence-electron chi connectivity index (χ4n) is 1.82. The maximum absolute atomic E-state index is 11.9. The van der Waals surface area contributed by atoms with Crippen LogP contribution < -0.4 is 5.32 Å². The molecule has 0 bridgehead atoms. The van der Waals surface area contributed by atoms with Gasteiger partial charge in [0.15, 0.2) is 5.78 Å². The second-order valence-corrected chi connectivity index (χ2v) is 4.06. The maximum atomic E-state index is 11.9. The van der Waals surface area contributed by atoms with E-state index in [2.05, 4.69) is 11.4 Å². The van der Waals surface area contributed by atoms with E-state index in [4.69, 9.17) is 0 Å². The van der Waals surface area contributed by atoms with Crippen LogP contribution in [-0.4, -0.2) is 18.9 Å². The molecule has 0 fully saturated rings. The SMILES string of the molecule is CNC(C)C(=O)C1=CCCCCCC1. The van der Waals surface area contributed by atoms with E-state index in [1.165, 1.54) is 25.7 Å². The molecule has 0 aliphatic heterocycles. The van der Waals surface area contributed by atoms with Crippen molar-refractivity contribution >= 4 is 5.78 Å². The van der Waals surface area contributed by atoms with E-state index in [1.807, 2.05) is 14.0 Å². The van der Waals surface area contributed by atoms with Gasteiger partial charge < -0.3 is 5.32 Å². The Balaban J connectivity index is 2.58. The molecule has 0 saturated carbocycles. The fourth-order valence-corrected chi connectivity index (χ4v) is 1.82. The monoisotopic (exact) mass is 195 g/mol. The Morgan fingerprint density at radius 2 is 2.07 bits per heavy atom. The summed E-state index contributed by atoms with van der Waals surface area (Å²) in [7, 11) is 1.84. The van der Waals surface area contributed by atoms with E-state index in [1.54, 1.807) is 0 Å². The highest BCUT2D eigenvalue weighted by atomic mass is 16.1. The second kappa shape index (κ2) is 5.97. The molecule has 1 rings (SSSR count). The summed E-state index contributed by atoms with van der Waals surface area (Å²) in [5, 5.41) is 3.01. The molecule has 14 heavy (non-hydrogen) atoms. The number of Topliss-reactive ketones (excluding diaryl/α,β-unsaturated/α-hetero) is 1. The molecular weight excluding hydrogens is 174 g/mol. The van der Waals surface area contributed by atoms with Crippen molar-refractivity contribution in [3.8, 4) is 0 Å². The topological polar surface area (TPSA) is 29.1 Å². The normalized spacial score (nSPS) is 20.6. The molecule has 1 aliphatic carbocycles. The third-order valence-electron chi connectivity index (χ3n) is 2.93. The van der Waals surface area contributed by atoms with Crippen LogP contribution in [-0.2, 0) is 4.79 Å². The standard InChI is InChI=1S/C12H21NO/c1-10(13-2)12(14)11-8-6-4-3-5-7-9-11/h8,10,13H,3-7,9H2,1-2H3. The molecule has 0 aromatic rings. The highest BCUT2D eigenvalue weighted by molar-refractivity contribution is 5.99. The van der Waals surface area contributed by atoms with E-state index in [0.717, 1.165) is 18.4 Å². The van der Waals surface area contributed by atoms with E-state index in [0.29, 0.717) is 0 Å². The summed E-state index contributed by atoms with van der Waals surface area (Å²) in [5.74, 6) is 0.286. The van der Waals surface area contributed by atoms with Gasteiger partial charge in [-0.15, -0.1) is 0 Å². The van der Waals surface area contributed by atoms with E-state index >= 15 is 0 Å². The molecule has 0 heterocycles. The average molecular weight is 195 g/mol. The average Bonchev–Trinajstić information content (AvgIpc) is 2.15. The number of allylic oxidation sites excluding steroid dienone is 1. The first-order valence-corrected chi connectivity index (χ1v) is 5.66. The largest absolute Gasteiger partial charge is 0.310 e. The van der Waals surface area contributed by atoms with Crippen molar-refractivity contribution in [3.63, 3.8) is 0 Å². The van der Waals surface area contributed by atoms with Gasteiger partial charge in [-0.25, -0.2) is 0 Å². The van der Waals surface area contributed by atoms with Crippen LogP contribution in [0.1, 0.15) is 45.4 Å². The number of likely N-dealkylation sites (N-methyl/N-ethyl adjacent to an activating group) is 1. The minimum absolute atomic E-state index is 0.0272. The summed E-state index contributed by atoms with van der Waals surface area (Å²) in [6, 6.07) is -0.0272. The van der Waals surface area contributed by atoms with Crippen LogP contribution in [0.4, 0.5) is 0 Å². The molecule has 0 saturated heterocycles. The zero-order chi connectivity index (χ0) is 10.4. The molecule has 1 N–H and O–H groups in total. The third-order valence-corrected chi connectivity index (χ3v) is 2.93. The molecule has 0 aromatic heterocycles. The summed E-state index contributed by atoms with van der Waals surface area (Å²) in [6.45, 7) is 1.93. The Hall–Kier alpha value is -0.630. The van der Waals surface area contributed by atoms with Gasteiger partial charge >= 0.3 is 0 Å². The van der Waals surface area contributed by atoms with Gasteiger partial charge in [-0.1, -0.05) is 18.9 Å². The lowest BCUT2D eigenvalue weighted by molar-refractivity contribution is -0.117. The van der Waals surface area contributed by atoms with Crippen LogP contribution in [0, 0.1) is 0 Å². The number of rotatable bonds is 3. The Kier molecular flexibility index (Phi) is 4.88. The van der Waals surface area contributed by atoms with Crippen molar-refractivity contribution < 1.29 is 4.79 Å². The van der Waals surface area contributed by atoms with Gasteiger partial charge in [-0.3, -0.25) is 4.79 Å². The molecular formula is C12H21NO. The van der Waals surface area contributed by atoms with Gasteiger partial charge in [0.2, 0.25) is 0 Å². The van der Waals surface area contributed by atoms with Gasteiger partial charge in [0.1, 0.15) is 0 Å². The van der Waals surface area contributed by atoms with Crippen molar-refractivity contribution in [2.75, 3.05) is 7.05 Å². The Morgan fingerprint density at radius 3 is 2.79 bits per heavy atom. The lowest BCUT2D eigenvalue weighted by Crippen LogP contribution is -2.32. The van der Waals surface area contributed by atoms with Crippen molar-refractivity contribution in [1.82, 2.24) is 5.32 Å². The quantitative estimate of drug-likeness (QED) is 0.749. The highest BCUT2D eigenvalue weighted by Gasteiger charge is 2.15. The zero-order valence-corrected chi connectivity index (χ0v) is 9.31. The molecule has 1 atom stereocenters. The molecule has 1 aliphatic rings. The first kappa shape index (κ1) is 11.4. The number of carbonyl (C=O) groups is 1. The summed E-state index contributed by atoms with van der Waals surface area (Å²) >= 11 is 0. The molecule has 2 nitrogen and oxygen atoms in total. The molecule has 2 heteroatoms. The number of nitrogens with one attached hydrogen (secondary N) is 1. The van der Waals surface area contributed by atoms with E-state index in [9.17, 15) is 4.79 Å². The number of hydrogen-bond donors (Lipinski definition) is 1. The summed E-state index contributed by atoms with van der Waals surface area (Å²) in [4.78, 5) is 11.9. The van der Waals surface area contributed by atoms with Gasteiger partial charge in [0, 0.05) is 0 Å². The summed E-state index contributed by atoms with van der Waals surface area (Å²) in [6.07, 6.45) is 9.22. The predicted octanol–water partition coefficient (Wildman–Crippen LogP) is 2.44. The maximum Gasteiger partial charge on any atom is 0.175 e. The minimum atomic E-state index is -0.0272. The second-order valence-electron chi connectivity index (χ2n) is 4.06. The Morgan fingerprint density at radius 1 is 1.36 bits per heavy atom. The number of carbonyl (C=O) groups excluding carboxylic acids is 1. The fraction of sp³-hybridized carbons (Fsp3) is 0.750. The predicted molar refractivity (Wildman–Crippen MR) is 59.3 cm³/mol. The van der Waals surface area contributed by atoms with Crippen molar-refractivity contribution in [1.29, 1.82) is 0 Å². The third kappa shape index (κ3) is 3.26. The Labute approximate surface area is 86.8 Å².